The van der Waals surface area contributed by atoms with Crippen LogP contribution in [0.2, 0.25) is 0 Å². The first-order chi connectivity index (χ1) is 6.74. The number of hydrogen-bond acceptors (Lipinski definition) is 1. The van der Waals surface area contributed by atoms with Crippen molar-refractivity contribution in [2.45, 2.75) is 33.1 Å². The predicted molar refractivity (Wildman–Crippen MR) is 57.6 cm³/mol. The lowest BCUT2D eigenvalue weighted by Crippen LogP contribution is -2.05. The van der Waals surface area contributed by atoms with Crippen LogP contribution in [0.4, 0.5) is 0 Å². The Balaban J connectivity index is 2.47. The van der Waals surface area contributed by atoms with Crippen molar-refractivity contribution >= 4 is 5.78 Å². The van der Waals surface area contributed by atoms with Crippen molar-refractivity contribution < 1.29 is 4.79 Å². The first-order valence-electron chi connectivity index (χ1n) is 5.39. The van der Waals surface area contributed by atoms with Gasteiger partial charge in [-0.15, -0.1) is 0 Å². The Kier molecular flexibility index (Phi) is 2.40. The highest BCUT2D eigenvalue weighted by molar-refractivity contribution is 6.03. The van der Waals surface area contributed by atoms with Crippen molar-refractivity contribution in [3.63, 3.8) is 0 Å². The van der Waals surface area contributed by atoms with E-state index < -0.39 is 0 Å². The molecule has 1 nitrogen and oxygen atoms in total. The van der Waals surface area contributed by atoms with Gasteiger partial charge in [0.25, 0.3) is 0 Å². The molecule has 0 amide bonds. The molecule has 0 spiro atoms. The molecule has 1 aliphatic rings. The number of rotatable bonds is 2. The first-order valence-corrected chi connectivity index (χ1v) is 5.39. The van der Waals surface area contributed by atoms with Crippen LogP contribution >= 0.6 is 0 Å². The molecule has 0 aromatic heterocycles. The molecule has 0 radical (unpaired) electrons. The Bertz CT molecular complexity index is 365. The van der Waals surface area contributed by atoms with Gasteiger partial charge in [0.1, 0.15) is 0 Å². The quantitative estimate of drug-likeness (QED) is 0.697. The first kappa shape index (κ1) is 9.45. The average molecular weight is 188 g/mol. The van der Waals surface area contributed by atoms with Crippen molar-refractivity contribution in [1.82, 2.24) is 0 Å². The third-order valence-corrected chi connectivity index (χ3v) is 2.98. The number of carbonyl (C=O) groups is 1. The van der Waals surface area contributed by atoms with Gasteiger partial charge in [-0.3, -0.25) is 4.79 Å². The van der Waals surface area contributed by atoms with Crippen LogP contribution in [0.25, 0.3) is 0 Å². The second-order valence-electron chi connectivity index (χ2n) is 4.17. The van der Waals surface area contributed by atoms with E-state index in [4.69, 9.17) is 0 Å². The van der Waals surface area contributed by atoms with E-state index in [9.17, 15) is 4.79 Å². The molecule has 0 saturated heterocycles. The average Bonchev–Trinajstić information content (AvgIpc) is 2.45. The number of carbonyl (C=O) groups excluding carboxylic acids is 1. The number of aryl methyl sites for hydroxylation is 1. The molecule has 0 N–H and O–H groups in total. The van der Waals surface area contributed by atoms with E-state index in [1.807, 2.05) is 6.92 Å². The predicted octanol–water partition coefficient (Wildman–Crippen LogP) is 3.01. The Labute approximate surface area is 85.1 Å². The highest BCUT2D eigenvalue weighted by atomic mass is 16.1. The molecule has 1 heteroatoms. The van der Waals surface area contributed by atoms with Gasteiger partial charge in [0.05, 0.1) is 0 Å². The minimum absolute atomic E-state index is 0.197. The summed E-state index contributed by atoms with van der Waals surface area (Å²) in [5.74, 6) is 0.548. The SMILES string of the molecule is CCCc1cccc2c1C(=O)C(C)C2. The fourth-order valence-electron chi connectivity index (χ4n) is 2.29. The number of ketones is 1. The van der Waals surface area contributed by atoms with Crippen molar-refractivity contribution in [2.75, 3.05) is 0 Å². The van der Waals surface area contributed by atoms with E-state index in [-0.39, 0.29) is 5.92 Å². The fraction of sp³-hybridized carbons (Fsp3) is 0.462. The Morgan fingerprint density at radius 3 is 2.93 bits per heavy atom. The van der Waals surface area contributed by atoms with Crippen LogP contribution in [0.3, 0.4) is 0 Å². The zero-order chi connectivity index (χ0) is 10.1. The second kappa shape index (κ2) is 3.56. The van der Waals surface area contributed by atoms with Crippen LogP contribution in [0.1, 0.15) is 41.8 Å². The molecule has 0 aliphatic heterocycles. The number of benzene rings is 1. The van der Waals surface area contributed by atoms with Gasteiger partial charge in [0.2, 0.25) is 0 Å². The maximum Gasteiger partial charge on any atom is 0.166 e. The van der Waals surface area contributed by atoms with Gasteiger partial charge in [-0.25, -0.2) is 0 Å². The minimum atomic E-state index is 0.197. The fourth-order valence-corrected chi connectivity index (χ4v) is 2.29. The number of hydrogen-bond donors (Lipinski definition) is 0. The summed E-state index contributed by atoms with van der Waals surface area (Å²) in [6, 6.07) is 6.27. The standard InChI is InChI=1S/C13H16O/c1-3-5-10-6-4-7-11-8-9(2)13(14)12(10)11/h4,6-7,9H,3,5,8H2,1-2H3. The van der Waals surface area contributed by atoms with Gasteiger partial charge in [0.15, 0.2) is 5.78 Å². The minimum Gasteiger partial charge on any atom is -0.294 e. The molecule has 0 saturated carbocycles. The van der Waals surface area contributed by atoms with Crippen molar-refractivity contribution in [3.05, 3.63) is 34.9 Å². The Morgan fingerprint density at radius 2 is 2.21 bits per heavy atom. The van der Waals surface area contributed by atoms with Crippen LogP contribution in [0, 0.1) is 5.92 Å². The monoisotopic (exact) mass is 188 g/mol. The van der Waals surface area contributed by atoms with Gasteiger partial charge in [-0.2, -0.15) is 0 Å². The van der Waals surface area contributed by atoms with Crippen molar-refractivity contribution in [2.24, 2.45) is 5.92 Å². The summed E-state index contributed by atoms with van der Waals surface area (Å²) in [5, 5.41) is 0. The molecule has 14 heavy (non-hydrogen) atoms. The topological polar surface area (TPSA) is 17.1 Å². The molecule has 1 atom stereocenters. The maximum absolute atomic E-state index is 11.9. The summed E-state index contributed by atoms with van der Waals surface area (Å²) >= 11 is 0. The molecule has 2 rings (SSSR count). The number of Topliss-reactive ketones (excluding diaryl/α,β-unsaturated/α-hetero) is 1. The largest absolute Gasteiger partial charge is 0.294 e. The zero-order valence-electron chi connectivity index (χ0n) is 8.84. The van der Waals surface area contributed by atoms with Crippen LogP contribution in [-0.4, -0.2) is 5.78 Å². The van der Waals surface area contributed by atoms with Crippen LogP contribution in [0.15, 0.2) is 18.2 Å². The summed E-state index contributed by atoms with van der Waals surface area (Å²) in [7, 11) is 0. The molecule has 0 fully saturated rings. The second-order valence-corrected chi connectivity index (χ2v) is 4.17. The molecular formula is C13H16O. The van der Waals surface area contributed by atoms with Gasteiger partial charge < -0.3 is 0 Å². The van der Waals surface area contributed by atoms with Crippen molar-refractivity contribution in [1.29, 1.82) is 0 Å². The van der Waals surface area contributed by atoms with Gasteiger partial charge >= 0.3 is 0 Å². The summed E-state index contributed by atoms with van der Waals surface area (Å²) in [6.45, 7) is 4.18. The molecule has 1 aromatic carbocycles. The lowest BCUT2D eigenvalue weighted by Gasteiger charge is -2.05. The lowest BCUT2D eigenvalue weighted by molar-refractivity contribution is 0.0945. The van der Waals surface area contributed by atoms with Crippen molar-refractivity contribution in [3.8, 4) is 0 Å². The lowest BCUT2D eigenvalue weighted by atomic mass is 9.99. The highest BCUT2D eigenvalue weighted by Gasteiger charge is 2.28. The van der Waals surface area contributed by atoms with E-state index in [1.54, 1.807) is 0 Å². The normalized spacial score (nSPS) is 19.9. The Morgan fingerprint density at radius 1 is 1.43 bits per heavy atom. The molecular weight excluding hydrogens is 172 g/mol. The van der Waals surface area contributed by atoms with E-state index in [2.05, 4.69) is 25.1 Å². The number of fused-ring (bicyclic) bond motifs is 1. The zero-order valence-corrected chi connectivity index (χ0v) is 8.84. The summed E-state index contributed by atoms with van der Waals surface area (Å²) < 4.78 is 0. The van der Waals surface area contributed by atoms with E-state index in [0.29, 0.717) is 5.78 Å². The molecule has 1 unspecified atom stereocenters. The molecule has 1 aromatic rings. The highest BCUT2D eigenvalue weighted by Crippen LogP contribution is 2.29. The van der Waals surface area contributed by atoms with Gasteiger partial charge in [0, 0.05) is 11.5 Å². The molecule has 74 valence electrons. The maximum atomic E-state index is 11.9. The van der Waals surface area contributed by atoms with Crippen LogP contribution in [0.5, 0.6) is 0 Å². The summed E-state index contributed by atoms with van der Waals surface area (Å²) in [4.78, 5) is 11.9. The summed E-state index contributed by atoms with van der Waals surface area (Å²) in [5.41, 5.74) is 3.54. The van der Waals surface area contributed by atoms with E-state index in [0.717, 1.165) is 24.8 Å². The molecule has 1 aliphatic carbocycles. The van der Waals surface area contributed by atoms with Gasteiger partial charge in [-0.1, -0.05) is 38.5 Å². The molecule has 0 bridgehead atoms. The molecule has 0 heterocycles. The Hall–Kier alpha value is -1.11. The summed E-state index contributed by atoms with van der Waals surface area (Å²) in [6.07, 6.45) is 3.07. The smallest absolute Gasteiger partial charge is 0.166 e. The van der Waals surface area contributed by atoms with E-state index in [1.165, 1.54) is 11.1 Å². The van der Waals surface area contributed by atoms with Crippen LogP contribution in [-0.2, 0) is 12.8 Å². The van der Waals surface area contributed by atoms with E-state index >= 15 is 0 Å². The van der Waals surface area contributed by atoms with Crippen LogP contribution < -0.4 is 0 Å². The third-order valence-electron chi connectivity index (χ3n) is 2.98. The van der Waals surface area contributed by atoms with Gasteiger partial charge in [-0.05, 0) is 24.0 Å². The third kappa shape index (κ3) is 1.37.